The van der Waals surface area contributed by atoms with Crippen molar-refractivity contribution in [3.63, 3.8) is 0 Å². The van der Waals surface area contributed by atoms with Crippen molar-refractivity contribution in [3.05, 3.63) is 35.9 Å². The Labute approximate surface area is 132 Å². The highest BCUT2D eigenvalue weighted by atomic mass is 35.5. The van der Waals surface area contributed by atoms with Gasteiger partial charge in [-0.05, 0) is 24.3 Å². The van der Waals surface area contributed by atoms with Crippen molar-refractivity contribution in [2.45, 2.75) is 31.4 Å². The summed E-state index contributed by atoms with van der Waals surface area (Å²) in [6.45, 7) is 2.05. The third-order valence-corrected chi connectivity index (χ3v) is 4.30. The van der Waals surface area contributed by atoms with E-state index in [2.05, 4.69) is 22.8 Å². The predicted molar refractivity (Wildman–Crippen MR) is 84.5 cm³/mol. The lowest BCUT2D eigenvalue weighted by Crippen LogP contribution is -2.49. The van der Waals surface area contributed by atoms with Gasteiger partial charge in [-0.2, -0.15) is 0 Å². The Morgan fingerprint density at radius 3 is 2.62 bits per heavy atom. The van der Waals surface area contributed by atoms with Crippen molar-refractivity contribution in [1.29, 1.82) is 0 Å². The van der Waals surface area contributed by atoms with Crippen LogP contribution in [-0.2, 0) is 9.53 Å². The Kier molecular flexibility index (Phi) is 6.03. The molecule has 2 fully saturated rings. The molecule has 1 aliphatic carbocycles. The second-order valence-corrected chi connectivity index (χ2v) is 5.65. The molecule has 2 aliphatic rings. The summed E-state index contributed by atoms with van der Waals surface area (Å²) in [4.78, 5) is 12.4. The van der Waals surface area contributed by atoms with Crippen LogP contribution in [-0.4, -0.2) is 31.7 Å². The minimum Gasteiger partial charge on any atom is -0.366 e. The first-order valence-electron chi connectivity index (χ1n) is 7.52. The summed E-state index contributed by atoms with van der Waals surface area (Å²) in [5.41, 5.74) is 1.20. The van der Waals surface area contributed by atoms with Crippen LogP contribution in [0.5, 0.6) is 0 Å². The molecule has 1 aromatic rings. The number of carbonyl (C=O) groups excluding carboxylic acids is 1. The van der Waals surface area contributed by atoms with Gasteiger partial charge in [0.25, 0.3) is 5.91 Å². The summed E-state index contributed by atoms with van der Waals surface area (Å²) >= 11 is 0. The van der Waals surface area contributed by atoms with E-state index < -0.39 is 0 Å². The lowest BCUT2D eigenvalue weighted by molar-refractivity contribution is -0.135. The number of halogens is 1. The summed E-state index contributed by atoms with van der Waals surface area (Å²) < 4.78 is 5.53. The number of morpholine rings is 1. The Bertz CT molecular complexity index is 445. The van der Waals surface area contributed by atoms with E-state index >= 15 is 0 Å². The van der Waals surface area contributed by atoms with E-state index in [9.17, 15) is 4.79 Å². The number of nitrogens with one attached hydrogen (secondary N) is 2. The lowest BCUT2D eigenvalue weighted by atomic mass is 9.77. The molecule has 4 nitrogen and oxygen atoms in total. The van der Waals surface area contributed by atoms with Crippen LogP contribution < -0.4 is 10.6 Å². The van der Waals surface area contributed by atoms with Gasteiger partial charge in [-0.15, -0.1) is 12.4 Å². The summed E-state index contributed by atoms with van der Waals surface area (Å²) in [7, 11) is 0. The fraction of sp³-hybridized carbons (Fsp3) is 0.562. The van der Waals surface area contributed by atoms with Gasteiger partial charge in [0, 0.05) is 13.1 Å². The monoisotopic (exact) mass is 310 g/mol. The number of amides is 1. The number of carbonyl (C=O) groups is 1. The molecule has 0 bridgehead atoms. The zero-order chi connectivity index (χ0) is 13.8. The number of ether oxygens (including phenoxy) is 1. The molecule has 21 heavy (non-hydrogen) atoms. The highest BCUT2D eigenvalue weighted by Crippen LogP contribution is 2.37. The molecule has 1 heterocycles. The van der Waals surface area contributed by atoms with Crippen molar-refractivity contribution in [1.82, 2.24) is 10.6 Å². The third-order valence-electron chi connectivity index (χ3n) is 4.30. The maximum atomic E-state index is 12.4. The van der Waals surface area contributed by atoms with Crippen LogP contribution in [0.2, 0.25) is 0 Å². The molecule has 1 aromatic carbocycles. The van der Waals surface area contributed by atoms with Crippen molar-refractivity contribution in [3.8, 4) is 0 Å². The van der Waals surface area contributed by atoms with E-state index in [0.717, 1.165) is 6.54 Å². The van der Waals surface area contributed by atoms with Crippen LogP contribution in [0.15, 0.2) is 30.3 Å². The van der Waals surface area contributed by atoms with Gasteiger partial charge in [-0.1, -0.05) is 36.8 Å². The van der Waals surface area contributed by atoms with Crippen LogP contribution in [0.4, 0.5) is 0 Å². The maximum absolute atomic E-state index is 12.4. The van der Waals surface area contributed by atoms with Gasteiger partial charge in [0.1, 0.15) is 6.10 Å². The highest BCUT2D eigenvalue weighted by Gasteiger charge is 2.32. The molecule has 2 N–H and O–H groups in total. The van der Waals surface area contributed by atoms with Crippen molar-refractivity contribution >= 4 is 18.3 Å². The quantitative estimate of drug-likeness (QED) is 0.895. The molecule has 2 unspecified atom stereocenters. The molecule has 116 valence electrons. The summed E-state index contributed by atoms with van der Waals surface area (Å²) in [5, 5.41) is 6.40. The number of hydrogen-bond acceptors (Lipinski definition) is 3. The van der Waals surface area contributed by atoms with E-state index in [1.807, 2.05) is 18.2 Å². The molecular weight excluding hydrogens is 288 g/mol. The molecule has 0 spiro atoms. The van der Waals surface area contributed by atoms with Crippen molar-refractivity contribution < 1.29 is 9.53 Å². The molecule has 0 aromatic heterocycles. The van der Waals surface area contributed by atoms with E-state index in [1.54, 1.807) is 0 Å². The highest BCUT2D eigenvalue weighted by molar-refractivity contribution is 5.85. The average Bonchev–Trinajstić information content (AvgIpc) is 2.46. The summed E-state index contributed by atoms with van der Waals surface area (Å²) in [6.07, 6.45) is 3.31. The smallest absolute Gasteiger partial charge is 0.250 e. The van der Waals surface area contributed by atoms with Crippen LogP contribution in [0.25, 0.3) is 0 Å². The van der Waals surface area contributed by atoms with Gasteiger partial charge in [0.15, 0.2) is 0 Å². The standard InChI is InChI=1S/C16H22N2O2.ClH/c19-16(14-11-17-9-10-20-14)18-15(13-7-4-8-13)12-5-2-1-3-6-12;/h1-3,5-6,13-15,17H,4,7-11H2,(H,18,19);1H. The van der Waals surface area contributed by atoms with E-state index in [-0.39, 0.29) is 30.5 Å². The number of hydrogen-bond donors (Lipinski definition) is 2. The second kappa shape index (κ2) is 7.78. The van der Waals surface area contributed by atoms with Crippen LogP contribution >= 0.6 is 12.4 Å². The molecule has 0 radical (unpaired) electrons. The first-order chi connectivity index (χ1) is 9.84. The van der Waals surface area contributed by atoms with E-state index in [1.165, 1.54) is 24.8 Å². The average molecular weight is 311 g/mol. The van der Waals surface area contributed by atoms with Crippen molar-refractivity contribution in [2.24, 2.45) is 5.92 Å². The molecule has 1 saturated heterocycles. The van der Waals surface area contributed by atoms with Gasteiger partial charge in [0.2, 0.25) is 0 Å². The lowest BCUT2D eigenvalue weighted by Gasteiger charge is -2.36. The maximum Gasteiger partial charge on any atom is 0.250 e. The normalized spacial score (nSPS) is 23.5. The number of rotatable bonds is 4. The molecule has 1 amide bonds. The molecule has 2 atom stereocenters. The minimum atomic E-state index is -0.352. The van der Waals surface area contributed by atoms with Gasteiger partial charge < -0.3 is 15.4 Å². The van der Waals surface area contributed by atoms with Crippen LogP contribution in [0, 0.1) is 5.92 Å². The minimum absolute atomic E-state index is 0. The zero-order valence-electron chi connectivity index (χ0n) is 12.1. The topological polar surface area (TPSA) is 50.4 Å². The SMILES string of the molecule is Cl.O=C(NC(c1ccccc1)C1CCC1)C1CNCCO1. The molecule has 1 saturated carbocycles. The fourth-order valence-corrected chi connectivity index (χ4v) is 2.89. The van der Waals surface area contributed by atoms with Gasteiger partial charge in [-0.25, -0.2) is 0 Å². The second-order valence-electron chi connectivity index (χ2n) is 5.65. The van der Waals surface area contributed by atoms with Gasteiger partial charge in [-0.3, -0.25) is 4.79 Å². The Balaban J connectivity index is 0.00000161. The largest absolute Gasteiger partial charge is 0.366 e. The first-order valence-corrected chi connectivity index (χ1v) is 7.52. The molecule has 1 aliphatic heterocycles. The van der Waals surface area contributed by atoms with E-state index in [0.29, 0.717) is 19.1 Å². The zero-order valence-corrected chi connectivity index (χ0v) is 12.9. The van der Waals surface area contributed by atoms with Crippen LogP contribution in [0.3, 0.4) is 0 Å². The summed E-state index contributed by atoms with van der Waals surface area (Å²) in [5.74, 6) is 0.579. The predicted octanol–water partition coefficient (Wildman–Crippen LogP) is 2.05. The molecule has 3 rings (SSSR count). The van der Waals surface area contributed by atoms with Crippen LogP contribution in [0.1, 0.15) is 30.9 Å². The Morgan fingerprint density at radius 1 is 1.29 bits per heavy atom. The molecule has 5 heteroatoms. The summed E-state index contributed by atoms with van der Waals surface area (Å²) in [6, 6.07) is 10.4. The molecular formula is C16H23ClN2O2. The Morgan fingerprint density at radius 2 is 2.05 bits per heavy atom. The first kappa shape index (κ1) is 16.3. The van der Waals surface area contributed by atoms with Gasteiger partial charge in [0.05, 0.1) is 12.6 Å². The third kappa shape index (κ3) is 3.96. The Hall–Kier alpha value is -1.10. The van der Waals surface area contributed by atoms with Crippen molar-refractivity contribution in [2.75, 3.05) is 19.7 Å². The number of benzene rings is 1. The fourth-order valence-electron chi connectivity index (χ4n) is 2.89. The van der Waals surface area contributed by atoms with E-state index in [4.69, 9.17) is 4.74 Å². The van der Waals surface area contributed by atoms with Gasteiger partial charge >= 0.3 is 0 Å².